The fraction of sp³-hybridized carbons (Fsp3) is 0.533. The summed E-state index contributed by atoms with van der Waals surface area (Å²) in [4.78, 5) is 11.2. The maximum absolute atomic E-state index is 11.2. The van der Waals surface area contributed by atoms with Crippen LogP contribution in [-0.4, -0.2) is 21.7 Å². The van der Waals surface area contributed by atoms with Crippen molar-refractivity contribution in [1.29, 1.82) is 0 Å². The predicted octanol–water partition coefficient (Wildman–Crippen LogP) is 4.20. The molecule has 0 fully saturated rings. The molecule has 0 heterocycles. The zero-order chi connectivity index (χ0) is 14.8. The zero-order valence-corrected chi connectivity index (χ0v) is 14.0. The maximum Gasteiger partial charge on any atom is 0.250 e. The summed E-state index contributed by atoms with van der Waals surface area (Å²) in [6.07, 6.45) is 0.824. The van der Waals surface area contributed by atoms with Crippen LogP contribution in [0.5, 0.6) is 11.5 Å². The third kappa shape index (κ3) is 3.38. The minimum Gasteiger partial charge on any atom is -0.543 e. The Morgan fingerprint density at radius 3 is 2.16 bits per heavy atom. The van der Waals surface area contributed by atoms with E-state index in [0.29, 0.717) is 17.1 Å². The third-order valence-electron chi connectivity index (χ3n) is 3.83. The molecule has 19 heavy (non-hydrogen) atoms. The van der Waals surface area contributed by atoms with Gasteiger partial charge in [0.15, 0.2) is 6.29 Å². The van der Waals surface area contributed by atoms with Gasteiger partial charge in [-0.3, -0.25) is 4.79 Å². The molecule has 0 atom stereocenters. The number of hydrogen-bond acceptors (Lipinski definition) is 3. The van der Waals surface area contributed by atoms with Gasteiger partial charge in [0.25, 0.3) is 8.32 Å². The largest absolute Gasteiger partial charge is 0.543 e. The van der Waals surface area contributed by atoms with Crippen LogP contribution < -0.4 is 9.16 Å². The van der Waals surface area contributed by atoms with Crippen LogP contribution >= 0.6 is 0 Å². The molecule has 0 N–H and O–H groups in total. The van der Waals surface area contributed by atoms with Crippen LogP contribution in [0.3, 0.4) is 0 Å². The molecule has 0 aliphatic rings. The highest BCUT2D eigenvalue weighted by atomic mass is 28.4. The summed E-state index contributed by atoms with van der Waals surface area (Å²) >= 11 is 0. The summed E-state index contributed by atoms with van der Waals surface area (Å²) in [5.74, 6) is 1.38. The average Bonchev–Trinajstić information content (AvgIpc) is 2.27. The second-order valence-electron chi connectivity index (χ2n) is 6.34. The highest BCUT2D eigenvalue weighted by Crippen LogP contribution is 2.39. The Labute approximate surface area is 117 Å². The molecule has 0 bridgehead atoms. The number of ether oxygens (including phenoxy) is 1. The van der Waals surface area contributed by atoms with Crippen molar-refractivity contribution in [3.8, 4) is 11.5 Å². The summed E-state index contributed by atoms with van der Waals surface area (Å²) in [6, 6.07) is 3.63. The fourth-order valence-electron chi connectivity index (χ4n) is 1.51. The lowest BCUT2D eigenvalue weighted by atomic mass is 10.1. The van der Waals surface area contributed by atoms with E-state index in [1.165, 1.54) is 0 Å². The first-order valence-electron chi connectivity index (χ1n) is 6.45. The second-order valence-corrected chi connectivity index (χ2v) is 11.1. The van der Waals surface area contributed by atoms with Crippen molar-refractivity contribution in [3.05, 3.63) is 23.3 Å². The predicted molar refractivity (Wildman–Crippen MR) is 80.9 cm³/mol. The van der Waals surface area contributed by atoms with Gasteiger partial charge >= 0.3 is 0 Å². The summed E-state index contributed by atoms with van der Waals surface area (Å²) in [6.45, 7) is 12.8. The number of carbonyl (C=O) groups excluding carboxylic acids is 1. The molecular weight excluding hydrogens is 256 g/mol. The Hall–Kier alpha value is -1.29. The van der Waals surface area contributed by atoms with Crippen LogP contribution in [0.4, 0.5) is 0 Å². The zero-order valence-electron chi connectivity index (χ0n) is 13.0. The normalized spacial score (nSPS) is 12.2. The third-order valence-corrected chi connectivity index (χ3v) is 8.17. The Bertz CT molecular complexity index is 473. The monoisotopic (exact) mass is 280 g/mol. The molecule has 3 nitrogen and oxygen atoms in total. The number of benzene rings is 1. The first-order valence-corrected chi connectivity index (χ1v) is 9.36. The van der Waals surface area contributed by atoms with Crippen molar-refractivity contribution in [1.82, 2.24) is 0 Å². The quantitative estimate of drug-likeness (QED) is 0.612. The number of aldehydes is 1. The average molecular weight is 280 g/mol. The molecule has 0 aromatic heterocycles. The first-order chi connectivity index (χ1) is 8.62. The van der Waals surface area contributed by atoms with Crippen LogP contribution in [0.2, 0.25) is 18.1 Å². The molecule has 0 saturated carbocycles. The fourth-order valence-corrected chi connectivity index (χ4v) is 2.54. The van der Waals surface area contributed by atoms with Gasteiger partial charge in [-0.2, -0.15) is 0 Å². The van der Waals surface area contributed by atoms with Crippen molar-refractivity contribution >= 4 is 14.6 Å². The SMILES string of the molecule is COc1cc(C=O)c(O[Si](C)(C)C(C)(C)C)cc1C. The Morgan fingerprint density at radius 1 is 1.16 bits per heavy atom. The number of aryl methyl sites for hydroxylation is 1. The number of carbonyl (C=O) groups is 1. The summed E-state index contributed by atoms with van der Waals surface area (Å²) < 4.78 is 11.5. The van der Waals surface area contributed by atoms with Gasteiger partial charge in [0, 0.05) is 0 Å². The van der Waals surface area contributed by atoms with Gasteiger partial charge in [0.05, 0.1) is 12.7 Å². The van der Waals surface area contributed by atoms with E-state index in [2.05, 4.69) is 33.9 Å². The molecule has 0 aliphatic carbocycles. The topological polar surface area (TPSA) is 35.5 Å². The summed E-state index contributed by atoms with van der Waals surface area (Å²) in [7, 11) is -0.341. The molecule has 1 aromatic rings. The summed E-state index contributed by atoms with van der Waals surface area (Å²) in [5.41, 5.74) is 1.52. The lowest BCUT2D eigenvalue weighted by Crippen LogP contribution is -2.44. The van der Waals surface area contributed by atoms with Gasteiger partial charge in [0.2, 0.25) is 0 Å². The Morgan fingerprint density at radius 2 is 1.74 bits per heavy atom. The smallest absolute Gasteiger partial charge is 0.250 e. The van der Waals surface area contributed by atoms with Gasteiger partial charge < -0.3 is 9.16 Å². The molecule has 1 rings (SSSR count). The van der Waals surface area contributed by atoms with Gasteiger partial charge in [-0.15, -0.1) is 0 Å². The number of methoxy groups -OCH3 is 1. The molecule has 0 amide bonds. The van der Waals surface area contributed by atoms with Crippen LogP contribution in [0.25, 0.3) is 0 Å². The molecule has 0 unspecified atom stereocenters. The van der Waals surface area contributed by atoms with E-state index < -0.39 is 8.32 Å². The van der Waals surface area contributed by atoms with Crippen molar-refractivity contribution in [2.75, 3.05) is 7.11 Å². The van der Waals surface area contributed by atoms with E-state index in [0.717, 1.165) is 11.8 Å². The molecule has 4 heteroatoms. The number of rotatable bonds is 4. The lowest BCUT2D eigenvalue weighted by molar-refractivity contribution is 0.112. The van der Waals surface area contributed by atoms with Gasteiger partial charge in [-0.05, 0) is 42.8 Å². The van der Waals surface area contributed by atoms with Crippen LogP contribution in [0.15, 0.2) is 12.1 Å². The van der Waals surface area contributed by atoms with E-state index in [9.17, 15) is 4.79 Å². The molecule has 1 aromatic carbocycles. The van der Waals surface area contributed by atoms with Gasteiger partial charge in [0.1, 0.15) is 11.5 Å². The maximum atomic E-state index is 11.2. The summed E-state index contributed by atoms with van der Waals surface area (Å²) in [5, 5.41) is 0.0982. The van der Waals surface area contributed by atoms with Crippen LogP contribution in [0.1, 0.15) is 36.7 Å². The molecule has 106 valence electrons. The van der Waals surface area contributed by atoms with E-state index in [4.69, 9.17) is 9.16 Å². The Balaban J connectivity index is 3.21. The van der Waals surface area contributed by atoms with Crippen molar-refractivity contribution < 1.29 is 14.0 Å². The number of hydrogen-bond donors (Lipinski definition) is 0. The van der Waals surface area contributed by atoms with Crippen LogP contribution in [-0.2, 0) is 0 Å². The van der Waals surface area contributed by atoms with Crippen molar-refractivity contribution in [2.45, 2.75) is 45.8 Å². The van der Waals surface area contributed by atoms with Gasteiger partial charge in [-0.1, -0.05) is 20.8 Å². The van der Waals surface area contributed by atoms with E-state index in [1.54, 1.807) is 13.2 Å². The van der Waals surface area contributed by atoms with Crippen LogP contribution in [0, 0.1) is 6.92 Å². The minimum atomic E-state index is -1.94. The molecule has 0 radical (unpaired) electrons. The minimum absolute atomic E-state index is 0.0982. The van der Waals surface area contributed by atoms with E-state index in [1.807, 2.05) is 13.0 Å². The van der Waals surface area contributed by atoms with Crippen molar-refractivity contribution in [3.63, 3.8) is 0 Å². The molecule has 0 saturated heterocycles. The molecule has 0 aliphatic heterocycles. The second kappa shape index (κ2) is 5.37. The standard InChI is InChI=1S/C15H24O3Si/c1-11-8-14(12(10-16)9-13(11)17-5)18-19(6,7)15(2,3)4/h8-10H,1-7H3. The van der Waals surface area contributed by atoms with Crippen molar-refractivity contribution in [2.24, 2.45) is 0 Å². The van der Waals surface area contributed by atoms with Gasteiger partial charge in [-0.25, -0.2) is 0 Å². The highest BCUT2D eigenvalue weighted by molar-refractivity contribution is 6.74. The van der Waals surface area contributed by atoms with E-state index >= 15 is 0 Å². The molecule has 0 spiro atoms. The lowest BCUT2D eigenvalue weighted by Gasteiger charge is -2.37. The molecular formula is C15H24O3Si. The van der Waals surface area contributed by atoms with E-state index in [-0.39, 0.29) is 5.04 Å². The Kier molecular flexibility index (Phi) is 4.45. The highest BCUT2D eigenvalue weighted by Gasteiger charge is 2.39. The first kappa shape index (κ1) is 15.8.